The van der Waals surface area contributed by atoms with Crippen LogP contribution in [-0.4, -0.2) is 22.9 Å². The van der Waals surface area contributed by atoms with Gasteiger partial charge in [-0.25, -0.2) is 0 Å². The van der Waals surface area contributed by atoms with E-state index in [1.807, 2.05) is 0 Å². The Morgan fingerprint density at radius 3 is 2.20 bits per heavy atom. The summed E-state index contributed by atoms with van der Waals surface area (Å²) in [4.78, 5) is 9.76. The van der Waals surface area contributed by atoms with Crippen LogP contribution in [0.3, 0.4) is 0 Å². The van der Waals surface area contributed by atoms with Gasteiger partial charge in [0.1, 0.15) is 6.04 Å². The molecule has 0 spiro atoms. The summed E-state index contributed by atoms with van der Waals surface area (Å²) in [7, 11) is 0. The molecule has 0 bridgehead atoms. The first-order valence-corrected chi connectivity index (χ1v) is 7.50. The molecule has 0 radical (unpaired) electrons. The van der Waals surface area contributed by atoms with Crippen molar-refractivity contribution in [1.82, 2.24) is 0 Å². The van der Waals surface area contributed by atoms with Gasteiger partial charge in [0.05, 0.1) is 0 Å². The van der Waals surface area contributed by atoms with Crippen molar-refractivity contribution in [3.63, 3.8) is 0 Å². The number of thiol groups is 1. The molecule has 1 unspecified atom stereocenters. The molecular weight excluding hydrogens is 339 g/mol. The van der Waals surface area contributed by atoms with Crippen LogP contribution in [0.1, 0.15) is 6.92 Å². The third kappa shape index (κ3) is 11.5. The molecular formula is C5H12HgNO2S+. The van der Waals surface area contributed by atoms with E-state index in [4.69, 9.17) is 10.8 Å². The Kier molecular flexibility index (Phi) is 12.9. The fourth-order valence-electron chi connectivity index (χ4n) is 0.0781. The summed E-state index contributed by atoms with van der Waals surface area (Å²) in [6.07, 6.45) is 0. The van der Waals surface area contributed by atoms with Crippen molar-refractivity contribution in [1.29, 1.82) is 0 Å². The van der Waals surface area contributed by atoms with Gasteiger partial charge in [-0.1, -0.05) is 0 Å². The summed E-state index contributed by atoms with van der Waals surface area (Å²) in [5, 5.41) is 8.01. The Morgan fingerprint density at radius 1 is 1.90 bits per heavy atom. The minimum Gasteiger partial charge on any atom is -0.480 e. The third-order valence-corrected chi connectivity index (χ3v) is 0.907. The van der Waals surface area contributed by atoms with Gasteiger partial charge in [0.15, 0.2) is 0 Å². The van der Waals surface area contributed by atoms with Gasteiger partial charge in [-0.3, -0.25) is 4.79 Å². The van der Waals surface area contributed by atoms with E-state index >= 15 is 0 Å². The fourth-order valence-corrected chi connectivity index (χ4v) is 0.234. The van der Waals surface area contributed by atoms with Crippen LogP contribution in [0.25, 0.3) is 0 Å². The summed E-state index contributed by atoms with van der Waals surface area (Å²) in [5.41, 5.74) is 4.94. The van der Waals surface area contributed by atoms with Crippen LogP contribution in [0.5, 0.6) is 0 Å². The van der Waals surface area contributed by atoms with Crippen LogP contribution < -0.4 is 5.73 Å². The van der Waals surface area contributed by atoms with Gasteiger partial charge in [0, 0.05) is 5.75 Å². The molecule has 1 atom stereocenters. The van der Waals surface area contributed by atoms with Crippen LogP contribution in [-0.2, 0) is 30.9 Å². The van der Waals surface area contributed by atoms with Gasteiger partial charge in [-0.15, -0.1) is 0 Å². The predicted octanol–water partition coefficient (Wildman–Crippen LogP) is 0.300. The van der Waals surface area contributed by atoms with E-state index in [0.29, 0.717) is 0 Å². The van der Waals surface area contributed by atoms with Crippen LogP contribution in [0.4, 0.5) is 0 Å². The number of aliphatic carboxylic acids is 1. The van der Waals surface area contributed by atoms with Crippen LogP contribution in [0.15, 0.2) is 0 Å². The van der Waals surface area contributed by atoms with Gasteiger partial charge < -0.3 is 10.8 Å². The van der Waals surface area contributed by atoms with Crippen molar-refractivity contribution in [2.45, 2.75) is 16.9 Å². The Hall–Kier alpha value is 0.715. The SMILES string of the molecule is C[CH2][Hg+].NC(CS)C(=O)O. The topological polar surface area (TPSA) is 63.3 Å². The number of nitrogens with two attached hydrogens (primary N) is 1. The molecule has 3 nitrogen and oxygen atoms in total. The summed E-state index contributed by atoms with van der Waals surface area (Å²) in [5.74, 6) is -0.815. The Balaban J connectivity index is 0. The molecule has 0 aliphatic rings. The molecule has 5 heteroatoms. The summed E-state index contributed by atoms with van der Waals surface area (Å²) in [6, 6.07) is -0.816. The zero-order valence-corrected chi connectivity index (χ0v) is 12.5. The van der Waals surface area contributed by atoms with Crippen LogP contribution >= 0.6 is 12.6 Å². The number of carboxylic acids is 1. The maximum atomic E-state index is 9.76. The number of hydrogen-bond donors (Lipinski definition) is 3. The van der Waals surface area contributed by atoms with Crippen molar-refractivity contribution in [2.24, 2.45) is 5.73 Å². The minimum absolute atomic E-state index is 0.190. The minimum atomic E-state index is -1.00. The molecule has 0 saturated heterocycles. The van der Waals surface area contributed by atoms with E-state index in [1.54, 1.807) is 0 Å². The number of hydrogen-bond acceptors (Lipinski definition) is 3. The largest absolute Gasteiger partial charge is 0.480 e. The van der Waals surface area contributed by atoms with E-state index in [-0.39, 0.29) is 5.75 Å². The molecule has 0 aliphatic heterocycles. The predicted molar refractivity (Wildman–Crippen MR) is 39.9 cm³/mol. The van der Waals surface area contributed by atoms with E-state index < -0.39 is 12.0 Å². The normalized spacial score (nSPS) is 11.3. The fraction of sp³-hybridized carbons (Fsp3) is 0.800. The van der Waals surface area contributed by atoms with Gasteiger partial charge in [0.25, 0.3) is 0 Å². The third-order valence-electron chi connectivity index (χ3n) is 0.514. The molecule has 0 fully saturated rings. The van der Waals surface area contributed by atoms with Crippen molar-refractivity contribution in [3.8, 4) is 0 Å². The summed E-state index contributed by atoms with van der Waals surface area (Å²) < 4.78 is 1.44. The molecule has 56 valence electrons. The average molecular weight is 351 g/mol. The van der Waals surface area contributed by atoms with Crippen LogP contribution in [0, 0.1) is 0 Å². The first-order chi connectivity index (χ1) is 4.59. The first-order valence-electron chi connectivity index (χ1n) is 2.98. The van der Waals surface area contributed by atoms with Gasteiger partial charge in [-0.05, 0) is 0 Å². The molecule has 0 aromatic rings. The standard InChI is InChI=1S/C3H7NO2S.C2H5.Hg/c4-2(1-7)3(5)6;1-2;/h2,7H,1,4H2,(H,5,6);1H2,2H3;/q;;+1. The Labute approximate surface area is 82.7 Å². The van der Waals surface area contributed by atoms with Crippen molar-refractivity contribution >= 4 is 18.6 Å². The molecule has 0 amide bonds. The first kappa shape index (κ1) is 13.3. The molecule has 3 N–H and O–H groups in total. The molecule has 10 heavy (non-hydrogen) atoms. The second-order valence-electron chi connectivity index (χ2n) is 1.63. The van der Waals surface area contributed by atoms with Gasteiger partial charge >= 0.3 is 42.9 Å². The van der Waals surface area contributed by atoms with Crippen molar-refractivity contribution in [2.75, 3.05) is 5.75 Å². The molecule has 0 aromatic carbocycles. The molecule has 0 aromatic heterocycles. The molecule has 0 rings (SSSR count). The Morgan fingerprint density at radius 2 is 2.20 bits per heavy atom. The van der Waals surface area contributed by atoms with E-state index in [2.05, 4.69) is 19.6 Å². The van der Waals surface area contributed by atoms with Crippen molar-refractivity contribution < 1.29 is 36.0 Å². The number of carboxylic acid groups (broad SMARTS) is 1. The molecule has 0 saturated carbocycles. The van der Waals surface area contributed by atoms with Gasteiger partial charge in [0.2, 0.25) is 0 Å². The summed E-state index contributed by atoms with van der Waals surface area (Å²) in [6.45, 7) is 2.21. The monoisotopic (exact) mass is 352 g/mol. The maximum absolute atomic E-state index is 9.76. The quantitative estimate of drug-likeness (QED) is 0.496. The van der Waals surface area contributed by atoms with Gasteiger partial charge in [-0.2, -0.15) is 12.6 Å². The zero-order chi connectivity index (χ0) is 8.57. The van der Waals surface area contributed by atoms with E-state index in [0.717, 1.165) is 26.1 Å². The number of rotatable bonds is 2. The average Bonchev–Trinajstić information content (AvgIpc) is 1.88. The van der Waals surface area contributed by atoms with E-state index in [1.165, 1.54) is 3.93 Å². The second kappa shape index (κ2) is 9.72. The maximum Gasteiger partial charge on any atom is 0.321 e. The van der Waals surface area contributed by atoms with E-state index in [9.17, 15) is 4.79 Å². The number of carbonyl (C=O) groups is 1. The van der Waals surface area contributed by atoms with Crippen LogP contribution in [0.2, 0.25) is 3.93 Å². The smallest absolute Gasteiger partial charge is 0.321 e. The molecule has 0 heterocycles. The molecule has 0 aliphatic carbocycles. The van der Waals surface area contributed by atoms with Crippen molar-refractivity contribution in [3.05, 3.63) is 0 Å². The zero-order valence-electron chi connectivity index (χ0n) is 6.08. The Bertz CT molecular complexity index is 91.7. The second-order valence-corrected chi connectivity index (χ2v) is 5.88. The summed E-state index contributed by atoms with van der Waals surface area (Å²) >= 11 is 4.72.